The Labute approximate surface area is 95.9 Å². The molecule has 0 amide bonds. The lowest BCUT2D eigenvalue weighted by atomic mass is 9.96. The molecule has 0 heterocycles. The highest BCUT2D eigenvalue weighted by molar-refractivity contribution is 5.86. The molecule has 16 heavy (non-hydrogen) atoms. The second-order valence-corrected chi connectivity index (χ2v) is 4.86. The number of hydrogen-bond donors (Lipinski definition) is 0. The Morgan fingerprint density at radius 3 is 2.88 bits per heavy atom. The summed E-state index contributed by atoms with van der Waals surface area (Å²) >= 11 is 0. The molecule has 0 aromatic heterocycles. The van der Waals surface area contributed by atoms with E-state index in [9.17, 15) is 0 Å². The zero-order chi connectivity index (χ0) is 11.1. The first-order valence-electron chi connectivity index (χ1n) is 5.95. The van der Waals surface area contributed by atoms with Gasteiger partial charge in [0.15, 0.2) is 0 Å². The minimum Gasteiger partial charge on any atom is -0.0761 e. The Kier molecular flexibility index (Phi) is 2.10. The van der Waals surface area contributed by atoms with Crippen molar-refractivity contribution in [3.05, 3.63) is 46.3 Å². The summed E-state index contributed by atoms with van der Waals surface area (Å²) < 4.78 is 0. The van der Waals surface area contributed by atoms with Crippen molar-refractivity contribution in [2.24, 2.45) is 5.92 Å². The first-order chi connectivity index (χ1) is 7.74. The number of aryl methyl sites for hydroxylation is 1. The van der Waals surface area contributed by atoms with Crippen molar-refractivity contribution in [1.82, 2.24) is 0 Å². The van der Waals surface area contributed by atoms with E-state index in [1.807, 2.05) is 0 Å². The highest BCUT2D eigenvalue weighted by atomic mass is 14.1. The van der Waals surface area contributed by atoms with Crippen LogP contribution in [-0.4, -0.2) is 0 Å². The predicted octanol–water partition coefficient (Wildman–Crippen LogP) is 2.75. The van der Waals surface area contributed by atoms with Gasteiger partial charge in [0.25, 0.3) is 0 Å². The molecular weight excluding hydrogens is 192 g/mol. The van der Waals surface area contributed by atoms with Crippen LogP contribution in [0.2, 0.25) is 0 Å². The molecule has 2 aromatic rings. The van der Waals surface area contributed by atoms with Crippen LogP contribution in [0.4, 0.5) is 0 Å². The van der Waals surface area contributed by atoms with Gasteiger partial charge in [-0.3, -0.25) is 0 Å². The predicted molar refractivity (Wildman–Crippen MR) is 70.6 cm³/mol. The third-order valence-corrected chi connectivity index (χ3v) is 3.48. The largest absolute Gasteiger partial charge is 0.0761 e. The average Bonchev–Trinajstić information content (AvgIpc) is 2.27. The highest BCUT2D eigenvalue weighted by Crippen LogP contribution is 2.15. The standard InChI is InChI=1S/C16H16/c1-11-6-7-13-10-16-12(2)4-3-5-14(16)9-15(13)8-11/h3-5,7-11H,6H2,1-2H3. The topological polar surface area (TPSA) is 0 Å². The number of fused-ring (bicyclic) bond motifs is 2. The van der Waals surface area contributed by atoms with Crippen molar-refractivity contribution in [2.45, 2.75) is 20.3 Å². The maximum absolute atomic E-state index is 2.39. The molecule has 1 atom stereocenters. The van der Waals surface area contributed by atoms with Gasteiger partial charge >= 0.3 is 0 Å². The van der Waals surface area contributed by atoms with Crippen LogP contribution >= 0.6 is 0 Å². The molecule has 2 aromatic carbocycles. The number of rotatable bonds is 0. The van der Waals surface area contributed by atoms with Gasteiger partial charge in [-0.15, -0.1) is 0 Å². The van der Waals surface area contributed by atoms with E-state index in [1.165, 1.54) is 33.2 Å². The normalized spacial score (nSPS) is 18.8. The third-order valence-electron chi connectivity index (χ3n) is 3.48. The van der Waals surface area contributed by atoms with Crippen LogP contribution in [0.15, 0.2) is 30.3 Å². The molecule has 0 saturated carbocycles. The Morgan fingerprint density at radius 1 is 1.12 bits per heavy atom. The Hall–Kier alpha value is -1.56. The minimum absolute atomic E-state index is 0.676. The van der Waals surface area contributed by atoms with Crippen molar-refractivity contribution in [2.75, 3.05) is 0 Å². The summed E-state index contributed by atoms with van der Waals surface area (Å²) in [5, 5.41) is 5.55. The second-order valence-electron chi connectivity index (χ2n) is 4.86. The van der Waals surface area contributed by atoms with Crippen LogP contribution in [-0.2, 0) is 0 Å². The fourth-order valence-electron chi connectivity index (χ4n) is 2.52. The molecule has 0 N–H and O–H groups in total. The Bertz CT molecular complexity index is 662. The lowest BCUT2D eigenvalue weighted by Gasteiger charge is -2.09. The molecule has 0 saturated heterocycles. The SMILES string of the molecule is Cc1cccc2cc3c(cc12)=CCC(C)C=3. The minimum atomic E-state index is 0.676. The summed E-state index contributed by atoms with van der Waals surface area (Å²) in [5.74, 6) is 0.676. The smallest absolute Gasteiger partial charge is 0.0148 e. The molecule has 0 spiro atoms. The van der Waals surface area contributed by atoms with Crippen LogP contribution in [0.3, 0.4) is 0 Å². The van der Waals surface area contributed by atoms with E-state index in [-0.39, 0.29) is 0 Å². The quantitative estimate of drug-likeness (QED) is 0.624. The van der Waals surface area contributed by atoms with Crippen molar-refractivity contribution < 1.29 is 0 Å². The lowest BCUT2D eigenvalue weighted by Crippen LogP contribution is -2.28. The van der Waals surface area contributed by atoms with Gasteiger partial charge in [-0.1, -0.05) is 37.3 Å². The van der Waals surface area contributed by atoms with E-state index < -0.39 is 0 Å². The van der Waals surface area contributed by atoms with E-state index in [1.54, 1.807) is 0 Å². The highest BCUT2D eigenvalue weighted by Gasteiger charge is 2.03. The van der Waals surface area contributed by atoms with Gasteiger partial charge in [-0.25, -0.2) is 0 Å². The van der Waals surface area contributed by atoms with E-state index in [2.05, 4.69) is 56.3 Å². The number of hydrogen-bond acceptors (Lipinski definition) is 0. The zero-order valence-electron chi connectivity index (χ0n) is 9.83. The maximum Gasteiger partial charge on any atom is -0.0148 e. The molecule has 80 valence electrons. The van der Waals surface area contributed by atoms with Crippen LogP contribution in [0.25, 0.3) is 22.9 Å². The summed E-state index contributed by atoms with van der Waals surface area (Å²) in [4.78, 5) is 0. The van der Waals surface area contributed by atoms with Crippen LogP contribution in [0.1, 0.15) is 18.9 Å². The van der Waals surface area contributed by atoms with Gasteiger partial charge in [-0.2, -0.15) is 0 Å². The molecule has 1 aliphatic rings. The molecule has 1 unspecified atom stereocenters. The zero-order valence-corrected chi connectivity index (χ0v) is 9.83. The fraction of sp³-hybridized carbons (Fsp3) is 0.250. The van der Waals surface area contributed by atoms with Gasteiger partial charge in [-0.05, 0) is 58.2 Å². The molecular formula is C16H16. The fourth-order valence-corrected chi connectivity index (χ4v) is 2.52. The average molecular weight is 208 g/mol. The third kappa shape index (κ3) is 1.46. The van der Waals surface area contributed by atoms with Crippen molar-refractivity contribution in [1.29, 1.82) is 0 Å². The van der Waals surface area contributed by atoms with Crippen LogP contribution in [0, 0.1) is 12.8 Å². The van der Waals surface area contributed by atoms with Crippen LogP contribution < -0.4 is 10.4 Å². The van der Waals surface area contributed by atoms with Gasteiger partial charge < -0.3 is 0 Å². The molecule has 0 radical (unpaired) electrons. The lowest BCUT2D eigenvalue weighted by molar-refractivity contribution is 0.801. The van der Waals surface area contributed by atoms with Crippen LogP contribution in [0.5, 0.6) is 0 Å². The maximum atomic E-state index is 2.39. The molecule has 1 aliphatic carbocycles. The first-order valence-corrected chi connectivity index (χ1v) is 5.95. The monoisotopic (exact) mass is 208 g/mol. The molecule has 0 aliphatic heterocycles. The van der Waals surface area contributed by atoms with Gasteiger partial charge in [0.1, 0.15) is 0 Å². The van der Waals surface area contributed by atoms with Crippen molar-refractivity contribution in [3.8, 4) is 0 Å². The van der Waals surface area contributed by atoms with E-state index >= 15 is 0 Å². The summed E-state index contributed by atoms with van der Waals surface area (Å²) in [6.07, 6.45) is 5.92. The van der Waals surface area contributed by atoms with Crippen molar-refractivity contribution >= 4 is 22.9 Å². The Balaban J connectivity index is 2.46. The van der Waals surface area contributed by atoms with E-state index in [4.69, 9.17) is 0 Å². The van der Waals surface area contributed by atoms with E-state index in [0.717, 1.165) is 0 Å². The summed E-state index contributed by atoms with van der Waals surface area (Å²) in [7, 11) is 0. The molecule has 0 bridgehead atoms. The first kappa shape index (κ1) is 9.65. The van der Waals surface area contributed by atoms with Gasteiger partial charge in [0.05, 0.1) is 0 Å². The second kappa shape index (κ2) is 3.48. The molecule has 0 nitrogen and oxygen atoms in total. The Morgan fingerprint density at radius 2 is 2.00 bits per heavy atom. The van der Waals surface area contributed by atoms with Crippen molar-refractivity contribution in [3.63, 3.8) is 0 Å². The molecule has 0 heteroatoms. The molecule has 3 rings (SSSR count). The summed E-state index contributed by atoms with van der Waals surface area (Å²) in [6, 6.07) is 11.2. The van der Waals surface area contributed by atoms with E-state index in [0.29, 0.717) is 5.92 Å². The van der Waals surface area contributed by atoms with Gasteiger partial charge in [0.2, 0.25) is 0 Å². The number of benzene rings is 2. The summed E-state index contributed by atoms with van der Waals surface area (Å²) in [6.45, 7) is 4.46. The molecule has 0 fully saturated rings. The van der Waals surface area contributed by atoms with Gasteiger partial charge in [0, 0.05) is 0 Å². The summed E-state index contributed by atoms with van der Waals surface area (Å²) in [5.41, 5.74) is 1.37.